The highest BCUT2D eigenvalue weighted by Gasteiger charge is 2.46. The predicted molar refractivity (Wildman–Crippen MR) is 80.8 cm³/mol. The van der Waals surface area contributed by atoms with Gasteiger partial charge in [0, 0.05) is 18.3 Å². The fourth-order valence-corrected chi connectivity index (χ4v) is 3.57. The minimum Gasteiger partial charge on any atom is -0.497 e. The van der Waals surface area contributed by atoms with E-state index in [9.17, 15) is 9.90 Å². The molecule has 0 spiro atoms. The zero-order valence-electron chi connectivity index (χ0n) is 12.3. The number of piperidine rings is 1. The van der Waals surface area contributed by atoms with Gasteiger partial charge < -0.3 is 20.1 Å². The van der Waals surface area contributed by atoms with E-state index in [2.05, 4.69) is 10.2 Å². The lowest BCUT2D eigenvalue weighted by Gasteiger charge is -2.42. The number of ether oxygens (including phenoxy) is 1. The van der Waals surface area contributed by atoms with E-state index < -0.39 is 11.5 Å². The number of anilines is 1. The molecule has 2 heterocycles. The van der Waals surface area contributed by atoms with Crippen LogP contribution in [-0.2, 0) is 4.79 Å². The lowest BCUT2D eigenvalue weighted by atomic mass is 9.83. The maximum atomic E-state index is 11.9. The Morgan fingerprint density at radius 1 is 1.38 bits per heavy atom. The van der Waals surface area contributed by atoms with Crippen molar-refractivity contribution in [2.75, 3.05) is 25.5 Å². The highest BCUT2D eigenvalue weighted by atomic mass is 16.5. The molecule has 2 atom stereocenters. The second-order valence-electron chi connectivity index (χ2n) is 6.03. The summed E-state index contributed by atoms with van der Waals surface area (Å²) in [6.07, 6.45) is 3.61. The number of aliphatic carboxylic acids is 1. The van der Waals surface area contributed by atoms with E-state index in [-0.39, 0.29) is 0 Å². The van der Waals surface area contributed by atoms with Crippen LogP contribution in [0.1, 0.15) is 25.7 Å². The number of rotatable bonds is 4. The van der Waals surface area contributed by atoms with Crippen molar-refractivity contribution in [3.63, 3.8) is 0 Å². The van der Waals surface area contributed by atoms with Crippen LogP contribution in [0.4, 0.5) is 5.69 Å². The van der Waals surface area contributed by atoms with Gasteiger partial charge in [-0.2, -0.15) is 0 Å². The fourth-order valence-electron chi connectivity index (χ4n) is 3.57. The predicted octanol–water partition coefficient (Wildman–Crippen LogP) is 2.19. The summed E-state index contributed by atoms with van der Waals surface area (Å²) in [6, 6.07) is 7.86. The molecule has 2 aliphatic rings. The van der Waals surface area contributed by atoms with Crippen LogP contribution >= 0.6 is 0 Å². The molecular formula is C16H22N2O3. The first-order valence-electron chi connectivity index (χ1n) is 7.53. The van der Waals surface area contributed by atoms with Crippen molar-refractivity contribution < 1.29 is 14.6 Å². The molecule has 21 heavy (non-hydrogen) atoms. The third kappa shape index (κ3) is 2.70. The standard InChI is InChI=1S/C16H22N2O3/c1-21-14-6-4-12(5-7-14)17-16(15(19)20)8-10-18-9-2-3-13(18)11-16/h4-7,13,17H,2-3,8-11H2,1H3,(H,19,20). The Morgan fingerprint density at radius 2 is 2.14 bits per heavy atom. The van der Waals surface area contributed by atoms with E-state index >= 15 is 0 Å². The second kappa shape index (κ2) is 5.56. The Morgan fingerprint density at radius 3 is 2.81 bits per heavy atom. The smallest absolute Gasteiger partial charge is 0.329 e. The number of methoxy groups -OCH3 is 1. The molecule has 1 aromatic carbocycles. The van der Waals surface area contributed by atoms with E-state index in [1.807, 2.05) is 24.3 Å². The number of carboxylic acids is 1. The van der Waals surface area contributed by atoms with Crippen molar-refractivity contribution in [2.45, 2.75) is 37.3 Å². The van der Waals surface area contributed by atoms with Gasteiger partial charge in [-0.05, 0) is 56.5 Å². The molecule has 0 bridgehead atoms. The largest absolute Gasteiger partial charge is 0.497 e. The van der Waals surface area contributed by atoms with Gasteiger partial charge in [-0.15, -0.1) is 0 Å². The van der Waals surface area contributed by atoms with E-state index in [1.165, 1.54) is 6.42 Å². The van der Waals surface area contributed by atoms with E-state index in [0.717, 1.165) is 30.9 Å². The third-order valence-electron chi connectivity index (χ3n) is 4.79. The number of hydrogen-bond acceptors (Lipinski definition) is 4. The number of hydrogen-bond donors (Lipinski definition) is 2. The highest BCUT2D eigenvalue weighted by molar-refractivity contribution is 5.83. The summed E-state index contributed by atoms with van der Waals surface area (Å²) in [6.45, 7) is 1.98. The molecule has 2 N–H and O–H groups in total. The average molecular weight is 290 g/mol. The number of benzene rings is 1. The molecule has 0 aromatic heterocycles. The van der Waals surface area contributed by atoms with Crippen LogP contribution in [0.5, 0.6) is 5.75 Å². The average Bonchev–Trinajstić information content (AvgIpc) is 2.95. The SMILES string of the molecule is COc1ccc(NC2(C(=O)O)CCN3CCCC3C2)cc1. The normalized spacial score (nSPS) is 28.9. The molecule has 0 amide bonds. The van der Waals surface area contributed by atoms with Crippen LogP contribution in [0.25, 0.3) is 0 Å². The fraction of sp³-hybridized carbons (Fsp3) is 0.562. The third-order valence-corrected chi connectivity index (χ3v) is 4.79. The molecule has 114 valence electrons. The molecular weight excluding hydrogens is 268 g/mol. The zero-order chi connectivity index (χ0) is 14.9. The van der Waals surface area contributed by atoms with Gasteiger partial charge in [0.05, 0.1) is 7.11 Å². The molecule has 5 heteroatoms. The minimum atomic E-state index is -0.847. The first kappa shape index (κ1) is 14.2. The van der Waals surface area contributed by atoms with E-state index in [1.54, 1.807) is 7.11 Å². The van der Waals surface area contributed by atoms with Gasteiger partial charge in [-0.3, -0.25) is 0 Å². The first-order valence-corrected chi connectivity index (χ1v) is 7.53. The molecule has 0 saturated carbocycles. The minimum absolute atomic E-state index is 0.403. The van der Waals surface area contributed by atoms with Gasteiger partial charge in [-0.1, -0.05) is 0 Å². The van der Waals surface area contributed by atoms with Crippen LogP contribution in [0.15, 0.2) is 24.3 Å². The van der Waals surface area contributed by atoms with Gasteiger partial charge in [0.2, 0.25) is 0 Å². The number of carboxylic acid groups (broad SMARTS) is 1. The highest BCUT2D eigenvalue weighted by Crippen LogP contribution is 2.35. The number of nitrogens with zero attached hydrogens (tertiary/aromatic N) is 1. The number of carbonyl (C=O) groups is 1. The molecule has 1 aromatic rings. The lowest BCUT2D eigenvalue weighted by Crippen LogP contribution is -2.56. The molecule has 5 nitrogen and oxygen atoms in total. The summed E-state index contributed by atoms with van der Waals surface area (Å²) in [7, 11) is 1.62. The molecule has 2 unspecified atom stereocenters. The van der Waals surface area contributed by atoms with Crippen molar-refractivity contribution in [3.8, 4) is 5.75 Å². The maximum absolute atomic E-state index is 11.9. The lowest BCUT2D eigenvalue weighted by molar-refractivity contribution is -0.144. The van der Waals surface area contributed by atoms with Crippen LogP contribution in [0, 0.1) is 0 Å². The quantitative estimate of drug-likeness (QED) is 0.890. The Bertz CT molecular complexity index is 517. The van der Waals surface area contributed by atoms with Crippen LogP contribution < -0.4 is 10.1 Å². The number of nitrogens with one attached hydrogen (secondary N) is 1. The molecule has 2 aliphatic heterocycles. The van der Waals surface area contributed by atoms with Gasteiger partial charge in [0.25, 0.3) is 0 Å². The Labute approximate surface area is 124 Å². The maximum Gasteiger partial charge on any atom is 0.329 e. The van der Waals surface area contributed by atoms with E-state index in [4.69, 9.17) is 4.74 Å². The summed E-state index contributed by atoms with van der Waals surface area (Å²) in [5.41, 5.74) is -0.00949. The Hall–Kier alpha value is -1.75. The van der Waals surface area contributed by atoms with Crippen LogP contribution in [-0.4, -0.2) is 47.8 Å². The second-order valence-corrected chi connectivity index (χ2v) is 6.03. The van der Waals surface area contributed by atoms with Crippen molar-refractivity contribution in [2.24, 2.45) is 0 Å². The summed E-state index contributed by atoms with van der Waals surface area (Å²) in [5.74, 6) is 0.0282. The summed E-state index contributed by atoms with van der Waals surface area (Å²) >= 11 is 0. The van der Waals surface area contributed by atoms with Crippen molar-refractivity contribution in [1.82, 2.24) is 4.90 Å². The zero-order valence-corrected chi connectivity index (χ0v) is 12.3. The molecule has 2 saturated heterocycles. The Balaban J connectivity index is 1.79. The summed E-state index contributed by atoms with van der Waals surface area (Å²) in [5, 5.41) is 13.0. The van der Waals surface area contributed by atoms with Gasteiger partial charge >= 0.3 is 5.97 Å². The van der Waals surface area contributed by atoms with E-state index in [0.29, 0.717) is 18.9 Å². The summed E-state index contributed by atoms with van der Waals surface area (Å²) in [4.78, 5) is 14.3. The Kier molecular flexibility index (Phi) is 3.76. The summed E-state index contributed by atoms with van der Waals surface area (Å²) < 4.78 is 5.14. The topological polar surface area (TPSA) is 61.8 Å². The van der Waals surface area contributed by atoms with Crippen molar-refractivity contribution in [3.05, 3.63) is 24.3 Å². The van der Waals surface area contributed by atoms with Crippen LogP contribution in [0.2, 0.25) is 0 Å². The van der Waals surface area contributed by atoms with Gasteiger partial charge in [-0.25, -0.2) is 4.79 Å². The van der Waals surface area contributed by atoms with Crippen LogP contribution in [0.3, 0.4) is 0 Å². The molecule has 0 aliphatic carbocycles. The van der Waals surface area contributed by atoms with Crippen molar-refractivity contribution in [1.29, 1.82) is 0 Å². The molecule has 2 fully saturated rings. The molecule has 3 rings (SSSR count). The van der Waals surface area contributed by atoms with Gasteiger partial charge in [0.1, 0.15) is 11.3 Å². The monoisotopic (exact) mass is 290 g/mol. The van der Waals surface area contributed by atoms with Crippen molar-refractivity contribution >= 4 is 11.7 Å². The first-order chi connectivity index (χ1) is 10.1. The molecule has 0 radical (unpaired) electrons. The number of fused-ring (bicyclic) bond motifs is 1. The van der Waals surface area contributed by atoms with Gasteiger partial charge in [0.15, 0.2) is 0 Å².